The summed E-state index contributed by atoms with van der Waals surface area (Å²) in [5.74, 6) is -0.834. The van der Waals surface area contributed by atoms with Gasteiger partial charge in [0.1, 0.15) is 22.8 Å². The Labute approximate surface area is 222 Å². The van der Waals surface area contributed by atoms with Gasteiger partial charge in [0.15, 0.2) is 10.8 Å². The maximum atomic E-state index is 13.0. The number of thiazole rings is 1. The highest BCUT2D eigenvalue weighted by Crippen LogP contribution is 2.45. The summed E-state index contributed by atoms with van der Waals surface area (Å²) < 4.78 is 0. The minimum atomic E-state index is -1.23. The van der Waals surface area contributed by atoms with Crippen molar-refractivity contribution in [1.82, 2.24) is 20.2 Å². The number of carboxylic acids is 1. The number of hydrogen-bond acceptors (Lipinski definition) is 13. The number of anilines is 1. The first-order chi connectivity index (χ1) is 17.3. The molecule has 0 aliphatic carbocycles. The van der Waals surface area contributed by atoms with Gasteiger partial charge in [-0.15, -0.1) is 23.1 Å². The molecular weight excluding hydrogens is 547 g/mol. The summed E-state index contributed by atoms with van der Waals surface area (Å²) in [4.78, 5) is 48.5. The largest absolute Gasteiger partial charge is 0.477 e. The van der Waals surface area contributed by atoms with Crippen LogP contribution in [0.2, 0.25) is 0 Å². The van der Waals surface area contributed by atoms with Crippen LogP contribution in [0.3, 0.4) is 0 Å². The number of fused-ring (bicyclic) bond motifs is 1. The number of carbonyl (C=O) groups is 3. The van der Waals surface area contributed by atoms with Gasteiger partial charge in [-0.3, -0.25) is 19.5 Å². The lowest BCUT2D eigenvalue weighted by atomic mass is 10.0. The van der Waals surface area contributed by atoms with Crippen LogP contribution < -0.4 is 16.8 Å². The standard InChI is InChI=1S/C20H21N7O5S4/c21-2-4-33-6-9-5-23-3-1-11(9)36-12-8-34-18-14(17(29)27(18)15(12)19(30)31)25-16(28)13(26-32)10-7-35-20(22)24-10/h1,3,5,7,14,18,32H,2,4,6,8,21H2,(H2,22,24)(H,25,28)(H,30,31)/b26-13-. The Morgan fingerprint density at radius 1 is 1.39 bits per heavy atom. The van der Waals surface area contributed by atoms with E-state index in [9.17, 15) is 24.7 Å². The number of nitrogens with one attached hydrogen (secondary N) is 1. The Morgan fingerprint density at radius 2 is 2.19 bits per heavy atom. The van der Waals surface area contributed by atoms with E-state index in [4.69, 9.17) is 11.5 Å². The molecule has 0 aromatic carbocycles. The van der Waals surface area contributed by atoms with E-state index in [2.05, 4.69) is 20.4 Å². The molecule has 4 heterocycles. The predicted molar refractivity (Wildman–Crippen MR) is 140 cm³/mol. The SMILES string of the molecule is NCCSCc1cnccc1SC1=C(C(=O)O)N2C(=O)C(NC(=O)/C(=N\O)c3csc(N)n3)C2SC1. The number of carboxylic acid groups (broad SMARTS) is 1. The predicted octanol–water partition coefficient (Wildman–Crippen LogP) is 0.979. The van der Waals surface area contributed by atoms with Gasteiger partial charge in [0.2, 0.25) is 0 Å². The molecule has 2 atom stereocenters. The van der Waals surface area contributed by atoms with Crippen molar-refractivity contribution >= 4 is 75.2 Å². The van der Waals surface area contributed by atoms with Crippen LogP contribution in [-0.2, 0) is 20.1 Å². The number of hydrogen-bond donors (Lipinski definition) is 5. The van der Waals surface area contributed by atoms with Crippen LogP contribution in [0.15, 0.2) is 44.5 Å². The van der Waals surface area contributed by atoms with E-state index in [0.29, 0.717) is 23.0 Å². The van der Waals surface area contributed by atoms with Crippen LogP contribution in [0, 0.1) is 0 Å². The van der Waals surface area contributed by atoms with Gasteiger partial charge in [0, 0.05) is 51.4 Å². The van der Waals surface area contributed by atoms with E-state index < -0.39 is 34.9 Å². The molecule has 0 spiro atoms. The second kappa shape index (κ2) is 11.5. The van der Waals surface area contributed by atoms with Crippen molar-refractivity contribution in [2.75, 3.05) is 23.8 Å². The zero-order valence-electron chi connectivity index (χ0n) is 18.5. The number of thioether (sulfide) groups is 3. The third kappa shape index (κ3) is 5.31. The molecule has 2 aromatic heterocycles. The Kier molecular flexibility index (Phi) is 8.40. The number of carbonyl (C=O) groups excluding carboxylic acids is 2. The van der Waals surface area contributed by atoms with E-state index in [1.165, 1.54) is 33.8 Å². The molecule has 2 amide bonds. The van der Waals surface area contributed by atoms with Crippen molar-refractivity contribution in [2.45, 2.75) is 22.1 Å². The first-order valence-corrected chi connectivity index (χ1v) is 14.3. The summed E-state index contributed by atoms with van der Waals surface area (Å²) in [6, 6.07) is 0.828. The molecule has 0 radical (unpaired) electrons. The highest BCUT2D eigenvalue weighted by molar-refractivity contribution is 8.06. The smallest absolute Gasteiger partial charge is 0.353 e. The molecule has 2 aliphatic rings. The molecule has 0 bridgehead atoms. The average Bonchev–Trinajstić information content (AvgIpc) is 3.29. The maximum absolute atomic E-state index is 13.0. The number of β-lactam (4-membered cyclic amide) rings is 1. The first-order valence-electron chi connectivity index (χ1n) is 10.4. The quantitative estimate of drug-likeness (QED) is 0.0898. The Bertz CT molecular complexity index is 1250. The summed E-state index contributed by atoms with van der Waals surface area (Å²) in [5.41, 5.74) is 11.7. The average molecular weight is 568 g/mol. The van der Waals surface area contributed by atoms with Crippen molar-refractivity contribution < 1.29 is 24.7 Å². The number of nitrogen functional groups attached to an aromatic ring is 1. The van der Waals surface area contributed by atoms with Gasteiger partial charge in [0.25, 0.3) is 11.8 Å². The number of rotatable bonds is 10. The van der Waals surface area contributed by atoms with Crippen LogP contribution in [0.1, 0.15) is 11.3 Å². The number of aromatic nitrogens is 2. The summed E-state index contributed by atoms with van der Waals surface area (Å²) in [7, 11) is 0. The van der Waals surface area contributed by atoms with Gasteiger partial charge < -0.3 is 27.1 Å². The molecule has 7 N–H and O–H groups in total. The van der Waals surface area contributed by atoms with E-state index in [1.807, 2.05) is 6.07 Å². The fourth-order valence-electron chi connectivity index (χ4n) is 3.51. The molecule has 0 saturated carbocycles. The Hall–Kier alpha value is -2.79. The number of pyridine rings is 1. The lowest BCUT2D eigenvalue weighted by molar-refractivity contribution is -0.150. The van der Waals surface area contributed by atoms with E-state index in [0.717, 1.165) is 27.5 Å². The van der Waals surface area contributed by atoms with Crippen LogP contribution in [-0.4, -0.2) is 78.1 Å². The number of amides is 2. The monoisotopic (exact) mass is 567 g/mol. The number of nitrogens with zero attached hydrogens (tertiary/aromatic N) is 4. The molecule has 4 rings (SSSR count). The molecule has 2 aliphatic heterocycles. The van der Waals surface area contributed by atoms with Crippen molar-refractivity contribution in [2.24, 2.45) is 10.9 Å². The summed E-state index contributed by atoms with van der Waals surface area (Å²) >= 11 is 5.35. The maximum Gasteiger partial charge on any atom is 0.353 e. The fourth-order valence-corrected chi connectivity index (χ4v) is 7.48. The zero-order chi connectivity index (χ0) is 25.8. The Morgan fingerprint density at radius 3 is 2.86 bits per heavy atom. The van der Waals surface area contributed by atoms with Gasteiger partial charge in [-0.05, 0) is 11.6 Å². The van der Waals surface area contributed by atoms with Crippen molar-refractivity contribution in [3.05, 3.63) is 45.7 Å². The molecule has 1 fully saturated rings. The number of aliphatic carboxylic acids is 1. The normalized spacial score (nSPS) is 19.6. The summed E-state index contributed by atoms with van der Waals surface area (Å²) in [6.45, 7) is 0.554. The van der Waals surface area contributed by atoms with Crippen LogP contribution in [0.5, 0.6) is 0 Å². The van der Waals surface area contributed by atoms with Crippen molar-refractivity contribution in [1.29, 1.82) is 0 Å². The highest BCUT2D eigenvalue weighted by Gasteiger charge is 2.54. The molecule has 2 aromatic rings. The lowest BCUT2D eigenvalue weighted by Gasteiger charge is -2.49. The van der Waals surface area contributed by atoms with Crippen molar-refractivity contribution in [3.8, 4) is 0 Å². The topological polar surface area (TPSA) is 197 Å². The van der Waals surface area contributed by atoms with Gasteiger partial charge in [-0.25, -0.2) is 9.78 Å². The van der Waals surface area contributed by atoms with Gasteiger partial charge in [-0.2, -0.15) is 11.8 Å². The van der Waals surface area contributed by atoms with Gasteiger partial charge in [0.05, 0.1) is 0 Å². The summed E-state index contributed by atoms with van der Waals surface area (Å²) in [6.07, 6.45) is 3.37. The third-order valence-electron chi connectivity index (χ3n) is 5.11. The van der Waals surface area contributed by atoms with Gasteiger partial charge in [-0.1, -0.05) is 16.9 Å². The highest BCUT2D eigenvalue weighted by atomic mass is 32.2. The van der Waals surface area contributed by atoms with Gasteiger partial charge >= 0.3 is 5.97 Å². The third-order valence-corrected chi connectivity index (χ3v) is 9.49. The number of oxime groups is 1. The molecule has 16 heteroatoms. The van der Waals surface area contributed by atoms with Crippen LogP contribution in [0.25, 0.3) is 0 Å². The molecule has 1 saturated heterocycles. The second-order valence-corrected chi connectivity index (χ2v) is 11.6. The molecular formula is C20H21N7O5S4. The second-order valence-electron chi connectivity index (χ2n) is 7.38. The fraction of sp³-hybridized carbons (Fsp3) is 0.300. The zero-order valence-corrected chi connectivity index (χ0v) is 21.8. The van der Waals surface area contributed by atoms with Crippen LogP contribution >= 0.6 is 46.6 Å². The molecule has 36 heavy (non-hydrogen) atoms. The van der Waals surface area contributed by atoms with E-state index >= 15 is 0 Å². The van der Waals surface area contributed by atoms with E-state index in [1.54, 1.807) is 24.2 Å². The molecule has 12 nitrogen and oxygen atoms in total. The molecule has 190 valence electrons. The minimum Gasteiger partial charge on any atom is -0.477 e. The number of nitrogens with two attached hydrogens (primary N) is 2. The first kappa shape index (κ1) is 26.3. The van der Waals surface area contributed by atoms with Crippen molar-refractivity contribution in [3.63, 3.8) is 0 Å². The lowest BCUT2D eigenvalue weighted by Crippen LogP contribution is -2.71. The Balaban J connectivity index is 1.51. The minimum absolute atomic E-state index is 0.0695. The summed E-state index contributed by atoms with van der Waals surface area (Å²) in [5, 5.41) is 25.8. The van der Waals surface area contributed by atoms with E-state index in [-0.39, 0.29) is 16.5 Å². The van der Waals surface area contributed by atoms with Crippen LogP contribution in [0.4, 0.5) is 5.13 Å². The molecule has 2 unspecified atom stereocenters.